The number of para-hydroxylation sites is 1. The summed E-state index contributed by atoms with van der Waals surface area (Å²) in [5.41, 5.74) is 11.0. The topological polar surface area (TPSA) is 83.8 Å². The molecule has 230 valence electrons. The monoisotopic (exact) mass is 638 g/mol. The molecule has 0 spiro atoms. The Morgan fingerprint density at radius 1 is 0.867 bits per heavy atom. The molecule has 1 heterocycles. The summed E-state index contributed by atoms with van der Waals surface area (Å²) in [6, 6.07) is 28.5. The van der Waals surface area contributed by atoms with E-state index in [9.17, 15) is 13.2 Å². The van der Waals surface area contributed by atoms with Gasteiger partial charge in [0.05, 0.1) is 28.9 Å². The highest BCUT2D eigenvalue weighted by atomic mass is 35.5. The summed E-state index contributed by atoms with van der Waals surface area (Å²) in [5.74, 6) is -0.537. The first-order chi connectivity index (χ1) is 21.5. The van der Waals surface area contributed by atoms with Gasteiger partial charge in [-0.15, -0.1) is 0 Å². The molecule has 0 bridgehead atoms. The number of hydrazone groups is 1. The molecule has 5 aromatic rings. The highest BCUT2D eigenvalue weighted by Crippen LogP contribution is 2.30. The summed E-state index contributed by atoms with van der Waals surface area (Å²) >= 11 is 6.09. The lowest BCUT2D eigenvalue weighted by Gasteiger charge is -2.26. The van der Waals surface area contributed by atoms with Crippen LogP contribution in [0.25, 0.3) is 5.69 Å². The van der Waals surface area contributed by atoms with Gasteiger partial charge < -0.3 is 4.57 Å². The van der Waals surface area contributed by atoms with Gasteiger partial charge in [0.25, 0.3) is 15.9 Å². The molecule has 9 heteroatoms. The van der Waals surface area contributed by atoms with Crippen LogP contribution in [0.2, 0.25) is 5.02 Å². The van der Waals surface area contributed by atoms with Gasteiger partial charge in [-0.2, -0.15) is 5.10 Å². The van der Waals surface area contributed by atoms with Crippen molar-refractivity contribution >= 4 is 39.4 Å². The van der Waals surface area contributed by atoms with Crippen LogP contribution in [-0.2, 0) is 16.6 Å². The SMILES string of the molecule is Cc1ccc(S(=O)(=O)N(Cc2ccc(Cl)cc2)c2ccccc2C(=O)N/N=C/c2cc(C)n(-c3ccc(C)c(C)c3)c2C)cc1. The lowest BCUT2D eigenvalue weighted by molar-refractivity contribution is 0.0955. The van der Waals surface area contributed by atoms with Gasteiger partial charge >= 0.3 is 0 Å². The van der Waals surface area contributed by atoms with Crippen LogP contribution in [-0.4, -0.2) is 25.1 Å². The van der Waals surface area contributed by atoms with E-state index in [1.807, 2.05) is 26.8 Å². The predicted molar refractivity (Wildman–Crippen MR) is 182 cm³/mol. The molecule has 0 unspecified atom stereocenters. The Morgan fingerprint density at radius 2 is 1.56 bits per heavy atom. The molecule has 0 aliphatic heterocycles. The van der Waals surface area contributed by atoms with Crippen molar-refractivity contribution in [2.24, 2.45) is 5.10 Å². The molecular weight excluding hydrogens is 604 g/mol. The van der Waals surface area contributed by atoms with Gasteiger partial charge in [-0.3, -0.25) is 9.10 Å². The average molecular weight is 639 g/mol. The Hall–Kier alpha value is -4.66. The molecule has 0 aliphatic carbocycles. The van der Waals surface area contributed by atoms with Crippen LogP contribution < -0.4 is 9.73 Å². The van der Waals surface area contributed by atoms with Gasteiger partial charge in [-0.05, 0) is 106 Å². The molecule has 1 N–H and O–H groups in total. The first kappa shape index (κ1) is 31.8. The molecule has 0 atom stereocenters. The zero-order valence-corrected chi connectivity index (χ0v) is 27.4. The third-order valence-corrected chi connectivity index (χ3v) is 9.88. The maximum absolute atomic E-state index is 14.1. The molecule has 5 rings (SSSR count). The number of nitrogens with one attached hydrogen (secondary N) is 1. The molecular formula is C36H35ClN4O3S. The third-order valence-electron chi connectivity index (χ3n) is 7.85. The van der Waals surface area contributed by atoms with Crippen LogP contribution in [0.1, 0.15) is 49.6 Å². The number of nitrogens with zero attached hydrogens (tertiary/aromatic N) is 3. The summed E-state index contributed by atoms with van der Waals surface area (Å²) < 4.78 is 31.5. The van der Waals surface area contributed by atoms with E-state index in [-0.39, 0.29) is 22.7 Å². The van der Waals surface area contributed by atoms with Gasteiger partial charge in [0.15, 0.2) is 0 Å². The van der Waals surface area contributed by atoms with Crippen LogP contribution >= 0.6 is 11.6 Å². The molecule has 1 aromatic heterocycles. The normalized spacial score (nSPS) is 11.6. The number of aromatic nitrogens is 1. The Morgan fingerprint density at radius 3 is 2.24 bits per heavy atom. The molecule has 0 saturated heterocycles. The van der Waals surface area contributed by atoms with Gasteiger partial charge in [-0.1, -0.05) is 59.6 Å². The third kappa shape index (κ3) is 6.87. The second-order valence-electron chi connectivity index (χ2n) is 11.1. The number of carbonyl (C=O) groups is 1. The molecule has 0 radical (unpaired) electrons. The summed E-state index contributed by atoms with van der Waals surface area (Å²) in [7, 11) is -4.06. The Kier molecular flexibility index (Phi) is 9.27. The lowest BCUT2D eigenvalue weighted by atomic mass is 10.1. The van der Waals surface area contributed by atoms with Gasteiger partial charge in [0.1, 0.15) is 0 Å². The van der Waals surface area contributed by atoms with E-state index >= 15 is 0 Å². The van der Waals surface area contributed by atoms with E-state index < -0.39 is 15.9 Å². The number of sulfonamides is 1. The quantitative estimate of drug-likeness (QED) is 0.132. The highest BCUT2D eigenvalue weighted by Gasteiger charge is 2.28. The zero-order valence-electron chi connectivity index (χ0n) is 25.9. The van der Waals surface area contributed by atoms with E-state index in [1.165, 1.54) is 15.4 Å². The minimum atomic E-state index is -4.06. The lowest BCUT2D eigenvalue weighted by Crippen LogP contribution is -2.33. The van der Waals surface area contributed by atoms with Crippen molar-refractivity contribution in [2.45, 2.75) is 46.1 Å². The van der Waals surface area contributed by atoms with Crippen LogP contribution in [0.3, 0.4) is 0 Å². The molecule has 0 aliphatic rings. The standard InChI is InChI=1S/C36H35ClN4O3S/c1-24-10-18-33(19-11-24)45(43,44)40(23-29-13-15-31(37)16-14-29)35-9-7-6-8-34(35)36(42)39-38-22-30-21-27(4)41(28(30)5)32-17-12-25(2)26(3)20-32/h6-22H,23H2,1-5H3,(H,39,42)/b38-22+. The molecule has 0 fully saturated rings. The molecule has 0 saturated carbocycles. The molecule has 7 nitrogen and oxygen atoms in total. The Bertz CT molecular complexity index is 2000. The maximum Gasteiger partial charge on any atom is 0.273 e. The van der Waals surface area contributed by atoms with Gasteiger partial charge in [0, 0.05) is 27.7 Å². The van der Waals surface area contributed by atoms with Gasteiger partial charge in [-0.25, -0.2) is 13.8 Å². The number of anilines is 1. The largest absolute Gasteiger partial charge is 0.318 e. The highest BCUT2D eigenvalue weighted by molar-refractivity contribution is 7.92. The summed E-state index contributed by atoms with van der Waals surface area (Å²) in [6.07, 6.45) is 1.61. The van der Waals surface area contributed by atoms with E-state index in [2.05, 4.69) is 47.1 Å². The van der Waals surface area contributed by atoms with Crippen LogP contribution in [0.15, 0.2) is 107 Å². The number of aryl methyl sites for hydroxylation is 4. The molecule has 45 heavy (non-hydrogen) atoms. The Labute approximate surface area is 269 Å². The van der Waals surface area contributed by atoms with E-state index in [1.54, 1.807) is 79.0 Å². The van der Waals surface area contributed by atoms with Crippen LogP contribution in [0.4, 0.5) is 5.69 Å². The Balaban J connectivity index is 1.46. The molecule has 1 amide bonds. The number of carbonyl (C=O) groups excluding carboxylic acids is 1. The minimum Gasteiger partial charge on any atom is -0.318 e. The van der Waals surface area contributed by atoms with E-state index in [4.69, 9.17) is 11.6 Å². The second kappa shape index (κ2) is 13.1. The fraction of sp³-hybridized carbons (Fsp3) is 0.167. The van der Waals surface area contributed by atoms with Gasteiger partial charge in [0.2, 0.25) is 0 Å². The van der Waals surface area contributed by atoms with Crippen molar-refractivity contribution in [3.63, 3.8) is 0 Å². The number of rotatable bonds is 9. The van der Waals surface area contributed by atoms with Crippen molar-refractivity contribution in [3.05, 3.63) is 147 Å². The number of hydrogen-bond donors (Lipinski definition) is 1. The second-order valence-corrected chi connectivity index (χ2v) is 13.4. The van der Waals surface area contributed by atoms with Crippen molar-refractivity contribution < 1.29 is 13.2 Å². The minimum absolute atomic E-state index is 0.00852. The summed E-state index contributed by atoms with van der Waals surface area (Å²) in [5, 5.41) is 4.80. The van der Waals surface area contributed by atoms with Crippen molar-refractivity contribution in [1.29, 1.82) is 0 Å². The van der Waals surface area contributed by atoms with E-state index in [0.29, 0.717) is 10.6 Å². The van der Waals surface area contributed by atoms with Crippen molar-refractivity contribution in [1.82, 2.24) is 9.99 Å². The maximum atomic E-state index is 14.1. The number of amides is 1. The number of halogens is 1. The molecule has 4 aromatic carbocycles. The smallest absolute Gasteiger partial charge is 0.273 e. The summed E-state index contributed by atoms with van der Waals surface area (Å²) in [4.78, 5) is 13.7. The fourth-order valence-corrected chi connectivity index (χ4v) is 6.77. The number of benzene rings is 4. The number of hydrogen-bond acceptors (Lipinski definition) is 4. The zero-order chi connectivity index (χ0) is 32.3. The van der Waals surface area contributed by atoms with E-state index in [0.717, 1.165) is 28.2 Å². The van der Waals surface area contributed by atoms with Crippen molar-refractivity contribution in [2.75, 3.05) is 4.31 Å². The predicted octanol–water partition coefficient (Wildman–Crippen LogP) is 7.83. The van der Waals surface area contributed by atoms with Crippen LogP contribution in [0, 0.1) is 34.6 Å². The van der Waals surface area contributed by atoms with Crippen LogP contribution in [0.5, 0.6) is 0 Å². The first-order valence-electron chi connectivity index (χ1n) is 14.5. The average Bonchev–Trinajstić information content (AvgIpc) is 3.30. The summed E-state index contributed by atoms with van der Waals surface area (Å²) in [6.45, 7) is 10.1. The first-order valence-corrected chi connectivity index (χ1v) is 16.3. The fourth-order valence-electron chi connectivity index (χ4n) is 5.18. The van der Waals surface area contributed by atoms with Crippen molar-refractivity contribution in [3.8, 4) is 5.69 Å².